The molecule has 3 rings (SSSR count). The Balaban J connectivity index is 1.82. The summed E-state index contributed by atoms with van der Waals surface area (Å²) in [5.74, 6) is 0.336. The summed E-state index contributed by atoms with van der Waals surface area (Å²) in [5.41, 5.74) is 0.612. The maximum atomic E-state index is 12.3. The predicted molar refractivity (Wildman–Crippen MR) is 90.7 cm³/mol. The first-order chi connectivity index (χ1) is 11.6. The molecule has 1 aromatic heterocycles. The van der Waals surface area contributed by atoms with E-state index in [4.69, 9.17) is 27.9 Å². The van der Waals surface area contributed by atoms with Gasteiger partial charge >= 0.3 is 0 Å². The highest BCUT2D eigenvalue weighted by atomic mass is 35.5. The van der Waals surface area contributed by atoms with Crippen LogP contribution in [0.25, 0.3) is 0 Å². The standard InChI is InChI=1S/C15H13Cl2N5O2/c16-11-2-1-9(7-12(11)17)15(23)19-13-10(8-18)14(21-20-13)22-3-5-24-6-4-22/h1-2,7H,3-6H2,(H2,19,20,21,23). The fraction of sp³-hybridized carbons (Fsp3) is 0.267. The van der Waals surface area contributed by atoms with E-state index in [1.165, 1.54) is 12.1 Å². The van der Waals surface area contributed by atoms with Gasteiger partial charge in [-0.1, -0.05) is 23.2 Å². The van der Waals surface area contributed by atoms with Crippen molar-refractivity contribution < 1.29 is 9.53 Å². The molecule has 7 nitrogen and oxygen atoms in total. The summed E-state index contributed by atoms with van der Waals surface area (Å²) in [4.78, 5) is 14.3. The van der Waals surface area contributed by atoms with Crippen molar-refractivity contribution in [3.05, 3.63) is 39.4 Å². The highest BCUT2D eigenvalue weighted by molar-refractivity contribution is 6.42. The van der Waals surface area contributed by atoms with Gasteiger partial charge in [0.2, 0.25) is 0 Å². The van der Waals surface area contributed by atoms with E-state index < -0.39 is 5.91 Å². The molecule has 0 spiro atoms. The third-order valence-corrected chi connectivity index (χ3v) is 4.33. The number of halogens is 2. The normalized spacial score (nSPS) is 14.3. The average molecular weight is 366 g/mol. The van der Waals surface area contributed by atoms with Crippen LogP contribution in [-0.2, 0) is 4.74 Å². The number of ether oxygens (including phenoxy) is 1. The van der Waals surface area contributed by atoms with Gasteiger partial charge in [-0.15, -0.1) is 0 Å². The first-order valence-corrected chi connectivity index (χ1v) is 7.93. The Kier molecular flexibility index (Phi) is 4.90. The Labute approximate surface area is 148 Å². The number of carbonyl (C=O) groups is 1. The molecule has 2 N–H and O–H groups in total. The highest BCUT2D eigenvalue weighted by Crippen LogP contribution is 2.26. The lowest BCUT2D eigenvalue weighted by molar-refractivity contribution is 0.102. The van der Waals surface area contributed by atoms with Crippen molar-refractivity contribution in [3.8, 4) is 6.07 Å². The zero-order valence-corrected chi connectivity index (χ0v) is 14.0. The third-order valence-electron chi connectivity index (χ3n) is 3.59. The van der Waals surface area contributed by atoms with Crippen molar-refractivity contribution in [1.82, 2.24) is 10.2 Å². The molecule has 0 radical (unpaired) electrons. The van der Waals surface area contributed by atoms with Crippen molar-refractivity contribution >= 4 is 40.7 Å². The van der Waals surface area contributed by atoms with Gasteiger partial charge in [0, 0.05) is 18.7 Å². The van der Waals surface area contributed by atoms with Gasteiger partial charge < -0.3 is 15.0 Å². The fourth-order valence-electron chi connectivity index (χ4n) is 2.36. The molecule has 1 aliphatic rings. The summed E-state index contributed by atoms with van der Waals surface area (Å²) < 4.78 is 5.29. The molecule has 124 valence electrons. The molecule has 24 heavy (non-hydrogen) atoms. The number of amides is 1. The van der Waals surface area contributed by atoms with E-state index in [-0.39, 0.29) is 16.4 Å². The maximum absolute atomic E-state index is 12.3. The predicted octanol–water partition coefficient (Wildman–Crippen LogP) is 2.68. The quantitative estimate of drug-likeness (QED) is 0.871. The van der Waals surface area contributed by atoms with E-state index in [0.717, 1.165) is 0 Å². The van der Waals surface area contributed by atoms with Gasteiger partial charge in [-0.25, -0.2) is 0 Å². The largest absolute Gasteiger partial charge is 0.378 e. The molecule has 2 heterocycles. The zero-order chi connectivity index (χ0) is 17.1. The van der Waals surface area contributed by atoms with Crippen molar-refractivity contribution in [2.75, 3.05) is 36.5 Å². The Morgan fingerprint density at radius 2 is 2.08 bits per heavy atom. The lowest BCUT2D eigenvalue weighted by atomic mass is 10.2. The van der Waals surface area contributed by atoms with Crippen molar-refractivity contribution in [2.24, 2.45) is 0 Å². The molecule has 0 saturated carbocycles. The van der Waals surface area contributed by atoms with E-state index in [9.17, 15) is 10.1 Å². The monoisotopic (exact) mass is 365 g/mol. The second kappa shape index (κ2) is 7.09. The lowest BCUT2D eigenvalue weighted by Crippen LogP contribution is -2.36. The van der Waals surface area contributed by atoms with Crippen LogP contribution in [-0.4, -0.2) is 42.4 Å². The minimum Gasteiger partial charge on any atom is -0.378 e. The maximum Gasteiger partial charge on any atom is 0.256 e. The lowest BCUT2D eigenvalue weighted by Gasteiger charge is -2.26. The minimum atomic E-state index is -0.415. The fourth-order valence-corrected chi connectivity index (χ4v) is 2.65. The van der Waals surface area contributed by atoms with Crippen LogP contribution >= 0.6 is 23.2 Å². The summed E-state index contributed by atoms with van der Waals surface area (Å²) in [5, 5.41) is 19.6. The highest BCUT2D eigenvalue weighted by Gasteiger charge is 2.22. The second-order valence-electron chi connectivity index (χ2n) is 5.09. The Morgan fingerprint density at radius 1 is 1.33 bits per heavy atom. The van der Waals surface area contributed by atoms with Crippen molar-refractivity contribution in [3.63, 3.8) is 0 Å². The number of rotatable bonds is 3. The second-order valence-corrected chi connectivity index (χ2v) is 5.91. The Bertz CT molecular complexity index is 809. The molecular formula is C15H13Cl2N5O2. The number of nitriles is 1. The molecule has 1 amide bonds. The Hall–Kier alpha value is -2.27. The summed E-state index contributed by atoms with van der Waals surface area (Å²) >= 11 is 11.8. The number of hydrogen-bond acceptors (Lipinski definition) is 5. The molecule has 0 bridgehead atoms. The van der Waals surface area contributed by atoms with Crippen LogP contribution in [0.5, 0.6) is 0 Å². The third kappa shape index (κ3) is 3.31. The van der Waals surface area contributed by atoms with Gasteiger partial charge in [0.25, 0.3) is 5.91 Å². The summed E-state index contributed by atoms with van der Waals surface area (Å²) in [7, 11) is 0. The molecule has 0 unspecified atom stereocenters. The number of morpholine rings is 1. The molecule has 0 aliphatic carbocycles. The van der Waals surface area contributed by atoms with Gasteiger partial charge in [-0.3, -0.25) is 9.89 Å². The summed E-state index contributed by atoms with van der Waals surface area (Å²) in [6, 6.07) is 6.63. The van der Waals surface area contributed by atoms with Crippen LogP contribution in [0.4, 0.5) is 11.6 Å². The number of nitrogens with one attached hydrogen (secondary N) is 2. The van der Waals surface area contributed by atoms with Gasteiger partial charge in [0.05, 0.1) is 23.3 Å². The molecular weight excluding hydrogens is 353 g/mol. The van der Waals surface area contributed by atoms with E-state index >= 15 is 0 Å². The topological polar surface area (TPSA) is 94.0 Å². The molecule has 2 aromatic rings. The van der Waals surface area contributed by atoms with Crippen LogP contribution in [0, 0.1) is 11.3 Å². The van der Waals surface area contributed by atoms with Crippen LogP contribution in [0.2, 0.25) is 10.0 Å². The average Bonchev–Trinajstić information content (AvgIpc) is 3.00. The number of aromatic amines is 1. The number of H-pyrrole nitrogens is 1. The van der Waals surface area contributed by atoms with E-state index in [0.29, 0.717) is 42.7 Å². The minimum absolute atomic E-state index is 0.245. The SMILES string of the molecule is N#Cc1c(N2CCOCC2)n[nH]c1NC(=O)c1ccc(Cl)c(Cl)c1. The molecule has 1 aromatic carbocycles. The smallest absolute Gasteiger partial charge is 0.256 e. The first-order valence-electron chi connectivity index (χ1n) is 7.17. The summed E-state index contributed by atoms with van der Waals surface area (Å²) in [6.45, 7) is 2.42. The van der Waals surface area contributed by atoms with Crippen molar-refractivity contribution in [2.45, 2.75) is 0 Å². The van der Waals surface area contributed by atoms with Crippen molar-refractivity contribution in [1.29, 1.82) is 5.26 Å². The van der Waals surface area contributed by atoms with E-state index in [1.54, 1.807) is 6.07 Å². The Morgan fingerprint density at radius 3 is 2.75 bits per heavy atom. The molecule has 1 fully saturated rings. The number of benzene rings is 1. The van der Waals surface area contributed by atoms with Gasteiger partial charge in [0.1, 0.15) is 17.5 Å². The van der Waals surface area contributed by atoms with E-state index in [1.807, 2.05) is 4.90 Å². The van der Waals surface area contributed by atoms with Crippen LogP contribution in [0.15, 0.2) is 18.2 Å². The summed E-state index contributed by atoms with van der Waals surface area (Å²) in [6.07, 6.45) is 0. The molecule has 0 atom stereocenters. The number of nitrogens with zero attached hydrogens (tertiary/aromatic N) is 3. The van der Waals surface area contributed by atoms with Crippen LogP contribution < -0.4 is 10.2 Å². The van der Waals surface area contributed by atoms with Gasteiger partial charge in [0.15, 0.2) is 5.82 Å². The molecule has 9 heteroatoms. The molecule has 1 saturated heterocycles. The van der Waals surface area contributed by atoms with Crippen LogP contribution in [0.1, 0.15) is 15.9 Å². The number of aromatic nitrogens is 2. The number of carbonyl (C=O) groups excluding carboxylic acids is 1. The first kappa shape index (κ1) is 16.6. The van der Waals surface area contributed by atoms with E-state index in [2.05, 4.69) is 21.6 Å². The van der Waals surface area contributed by atoms with Gasteiger partial charge in [-0.2, -0.15) is 10.4 Å². The molecule has 1 aliphatic heterocycles. The number of anilines is 2. The van der Waals surface area contributed by atoms with Crippen LogP contribution in [0.3, 0.4) is 0 Å². The zero-order valence-electron chi connectivity index (χ0n) is 12.5. The number of hydrogen-bond donors (Lipinski definition) is 2. The van der Waals surface area contributed by atoms with Gasteiger partial charge in [-0.05, 0) is 18.2 Å².